The minimum absolute atomic E-state index is 0.131. The summed E-state index contributed by atoms with van der Waals surface area (Å²) in [6.45, 7) is 5.36. The number of thioether (sulfide) groups is 1. The van der Waals surface area contributed by atoms with Crippen molar-refractivity contribution in [3.05, 3.63) is 69.8 Å². The molecular weight excluding hydrogens is 361 g/mol. The van der Waals surface area contributed by atoms with E-state index in [0.29, 0.717) is 5.75 Å². The van der Waals surface area contributed by atoms with E-state index in [0.717, 1.165) is 22.8 Å². The molecule has 2 N–H and O–H groups in total. The molecule has 6 heteroatoms. The molecule has 0 aliphatic heterocycles. The van der Waals surface area contributed by atoms with Crippen LogP contribution in [0.25, 0.3) is 0 Å². The lowest BCUT2D eigenvalue weighted by Crippen LogP contribution is -2.10. The lowest BCUT2D eigenvalue weighted by Gasteiger charge is -2.17. The maximum Gasteiger partial charge on any atom is 0.416 e. The van der Waals surface area contributed by atoms with E-state index in [1.54, 1.807) is 0 Å². The van der Waals surface area contributed by atoms with E-state index < -0.39 is 23.9 Å². The molecule has 0 bridgehead atoms. The smallest absolute Gasteiger partial charge is 0.388 e. The van der Waals surface area contributed by atoms with Crippen molar-refractivity contribution in [2.45, 2.75) is 39.2 Å². The van der Waals surface area contributed by atoms with Crippen molar-refractivity contribution in [3.63, 3.8) is 0 Å². The molecule has 2 nitrogen and oxygen atoms in total. The first-order chi connectivity index (χ1) is 12.1. The van der Waals surface area contributed by atoms with Gasteiger partial charge in [0.05, 0.1) is 17.8 Å². The molecule has 0 spiro atoms. The van der Waals surface area contributed by atoms with Crippen LogP contribution in [0.4, 0.5) is 13.2 Å². The van der Waals surface area contributed by atoms with E-state index in [4.69, 9.17) is 0 Å². The fourth-order valence-electron chi connectivity index (χ4n) is 2.61. The molecule has 0 radical (unpaired) electrons. The summed E-state index contributed by atoms with van der Waals surface area (Å²) in [6, 6.07) is 9.61. The van der Waals surface area contributed by atoms with Crippen LogP contribution in [0.2, 0.25) is 0 Å². The second kappa shape index (κ2) is 8.46. The van der Waals surface area contributed by atoms with Gasteiger partial charge in [-0.05, 0) is 54.7 Å². The van der Waals surface area contributed by atoms with Gasteiger partial charge in [-0.2, -0.15) is 24.9 Å². The molecule has 2 aromatic rings. The predicted molar refractivity (Wildman–Crippen MR) is 99.3 cm³/mol. The van der Waals surface area contributed by atoms with Gasteiger partial charge in [-0.3, -0.25) is 0 Å². The Labute approximate surface area is 156 Å². The zero-order valence-corrected chi connectivity index (χ0v) is 15.8. The lowest BCUT2D eigenvalue weighted by molar-refractivity contribution is -0.138. The Kier molecular flexibility index (Phi) is 6.77. The van der Waals surface area contributed by atoms with E-state index in [2.05, 4.69) is 0 Å². The molecule has 0 saturated heterocycles. The number of hydrogen-bond donors (Lipinski definition) is 2. The topological polar surface area (TPSA) is 40.5 Å². The highest BCUT2D eigenvalue weighted by molar-refractivity contribution is 7.99. The number of halogens is 3. The summed E-state index contributed by atoms with van der Waals surface area (Å²) in [6.07, 6.45) is -6.14. The van der Waals surface area contributed by atoms with Crippen molar-refractivity contribution in [3.8, 4) is 0 Å². The first kappa shape index (κ1) is 20.8. The normalized spacial score (nSPS) is 14.3. The van der Waals surface area contributed by atoms with Gasteiger partial charge in [-0.1, -0.05) is 30.3 Å². The third-order valence-electron chi connectivity index (χ3n) is 4.42. The highest BCUT2D eigenvalue weighted by atomic mass is 32.2. The number of hydrogen-bond acceptors (Lipinski definition) is 3. The van der Waals surface area contributed by atoms with Crippen molar-refractivity contribution in [1.82, 2.24) is 0 Å². The quantitative estimate of drug-likeness (QED) is 0.725. The maximum absolute atomic E-state index is 13.0. The van der Waals surface area contributed by atoms with Gasteiger partial charge in [0.2, 0.25) is 0 Å². The summed E-state index contributed by atoms with van der Waals surface area (Å²) in [7, 11) is 0. The summed E-state index contributed by atoms with van der Waals surface area (Å²) in [5, 5.41) is 20.5. The SMILES string of the molecule is Cc1ccc(C(O)CSCC(O)c2ccc(C)c(C(F)(F)F)c2)cc1C. The fraction of sp³-hybridized carbons (Fsp3) is 0.400. The maximum atomic E-state index is 13.0. The number of alkyl halides is 3. The Morgan fingerprint density at radius 3 is 1.81 bits per heavy atom. The lowest BCUT2D eigenvalue weighted by atomic mass is 10.0. The molecule has 26 heavy (non-hydrogen) atoms. The van der Waals surface area contributed by atoms with Crippen molar-refractivity contribution < 1.29 is 23.4 Å². The van der Waals surface area contributed by atoms with Crippen LogP contribution in [0.3, 0.4) is 0 Å². The average molecular weight is 384 g/mol. The van der Waals surface area contributed by atoms with Gasteiger partial charge in [0.15, 0.2) is 0 Å². The van der Waals surface area contributed by atoms with Gasteiger partial charge >= 0.3 is 6.18 Å². The molecule has 0 amide bonds. The Morgan fingerprint density at radius 2 is 1.31 bits per heavy atom. The second-order valence-electron chi connectivity index (χ2n) is 6.48. The first-order valence-electron chi connectivity index (χ1n) is 8.28. The Morgan fingerprint density at radius 1 is 0.808 bits per heavy atom. The van der Waals surface area contributed by atoms with E-state index in [9.17, 15) is 23.4 Å². The van der Waals surface area contributed by atoms with Gasteiger partial charge in [0.25, 0.3) is 0 Å². The predicted octanol–water partition coefficient (Wildman–Crippen LogP) is 5.13. The highest BCUT2D eigenvalue weighted by Gasteiger charge is 2.32. The van der Waals surface area contributed by atoms with E-state index in [1.807, 2.05) is 32.0 Å². The minimum atomic E-state index is -4.44. The number of aliphatic hydroxyl groups is 2. The molecule has 2 rings (SSSR count). The summed E-state index contributed by atoms with van der Waals surface area (Å²) < 4.78 is 38.9. The fourth-order valence-corrected chi connectivity index (χ4v) is 3.58. The summed E-state index contributed by atoms with van der Waals surface area (Å²) in [4.78, 5) is 0. The largest absolute Gasteiger partial charge is 0.416 e. The van der Waals surface area contributed by atoms with Crippen molar-refractivity contribution in [2.75, 3.05) is 11.5 Å². The van der Waals surface area contributed by atoms with Crippen LogP contribution in [-0.4, -0.2) is 21.7 Å². The van der Waals surface area contributed by atoms with Crippen LogP contribution in [0.1, 0.15) is 45.6 Å². The molecule has 0 heterocycles. The number of benzene rings is 2. The van der Waals surface area contributed by atoms with E-state index in [-0.39, 0.29) is 16.9 Å². The van der Waals surface area contributed by atoms with Gasteiger partial charge < -0.3 is 10.2 Å². The van der Waals surface area contributed by atoms with Crippen LogP contribution in [0.5, 0.6) is 0 Å². The Bertz CT molecular complexity index is 759. The minimum Gasteiger partial charge on any atom is -0.388 e. The highest BCUT2D eigenvalue weighted by Crippen LogP contribution is 2.34. The molecule has 0 saturated carbocycles. The third-order valence-corrected chi connectivity index (χ3v) is 5.52. The number of rotatable bonds is 6. The first-order valence-corrected chi connectivity index (χ1v) is 9.44. The van der Waals surface area contributed by atoms with Crippen LogP contribution >= 0.6 is 11.8 Å². The molecule has 142 valence electrons. The summed E-state index contributed by atoms with van der Waals surface area (Å²) >= 11 is 1.31. The van der Waals surface area contributed by atoms with Crippen LogP contribution in [0, 0.1) is 20.8 Å². The molecule has 0 aliphatic carbocycles. The van der Waals surface area contributed by atoms with Gasteiger partial charge in [-0.15, -0.1) is 0 Å². The molecule has 2 atom stereocenters. The van der Waals surface area contributed by atoms with Crippen LogP contribution in [-0.2, 0) is 6.18 Å². The van der Waals surface area contributed by atoms with Gasteiger partial charge in [-0.25, -0.2) is 0 Å². The van der Waals surface area contributed by atoms with Gasteiger partial charge in [0, 0.05) is 11.5 Å². The molecule has 2 aromatic carbocycles. The summed E-state index contributed by atoms with van der Waals surface area (Å²) in [5.74, 6) is 0.569. The zero-order chi connectivity index (χ0) is 19.5. The molecular formula is C20H23F3O2S. The monoisotopic (exact) mass is 384 g/mol. The number of aliphatic hydroxyl groups excluding tert-OH is 2. The molecule has 0 aliphatic rings. The molecule has 0 aromatic heterocycles. The second-order valence-corrected chi connectivity index (χ2v) is 7.56. The zero-order valence-electron chi connectivity index (χ0n) is 15.0. The van der Waals surface area contributed by atoms with E-state index in [1.165, 1.54) is 30.8 Å². The Balaban J connectivity index is 1.96. The van der Waals surface area contributed by atoms with Crippen molar-refractivity contribution >= 4 is 11.8 Å². The molecule has 0 fully saturated rings. The Hall–Kier alpha value is -1.50. The standard InChI is InChI=1S/C20H23F3O2S/c1-12-4-6-15(8-14(12)3)18(24)10-26-11-19(25)16-7-5-13(2)17(9-16)20(21,22)23/h4-9,18-19,24-25H,10-11H2,1-3H3. The third kappa shape index (κ3) is 5.25. The molecule has 2 unspecified atom stereocenters. The number of aryl methyl sites for hydroxylation is 3. The van der Waals surface area contributed by atoms with Crippen molar-refractivity contribution in [1.29, 1.82) is 0 Å². The average Bonchev–Trinajstić information content (AvgIpc) is 2.56. The van der Waals surface area contributed by atoms with Crippen LogP contribution in [0.15, 0.2) is 36.4 Å². The summed E-state index contributed by atoms with van der Waals surface area (Å²) in [5.41, 5.74) is 2.66. The van der Waals surface area contributed by atoms with E-state index >= 15 is 0 Å². The van der Waals surface area contributed by atoms with Crippen molar-refractivity contribution in [2.24, 2.45) is 0 Å². The van der Waals surface area contributed by atoms with Crippen LogP contribution < -0.4 is 0 Å². The van der Waals surface area contributed by atoms with Gasteiger partial charge in [0.1, 0.15) is 0 Å².